The van der Waals surface area contributed by atoms with E-state index in [1.54, 1.807) is 0 Å². The Balaban J connectivity index is 1.83. The first-order valence-corrected chi connectivity index (χ1v) is 9.60. The summed E-state index contributed by atoms with van der Waals surface area (Å²) in [5, 5.41) is 32.6. The van der Waals surface area contributed by atoms with Crippen molar-refractivity contribution < 1.29 is 15.3 Å². The third-order valence-corrected chi connectivity index (χ3v) is 5.26. The van der Waals surface area contributed by atoms with Crippen molar-refractivity contribution in [1.29, 1.82) is 0 Å². The molecule has 1 aliphatic carbocycles. The number of fused-ring (bicyclic) bond motifs is 1. The van der Waals surface area contributed by atoms with Gasteiger partial charge in [0.25, 0.3) is 0 Å². The predicted molar refractivity (Wildman–Crippen MR) is 97.1 cm³/mol. The number of aliphatic hydroxyl groups excluding tert-OH is 3. The molecular formula is C19H34N2O3. The van der Waals surface area contributed by atoms with E-state index in [9.17, 15) is 10.2 Å². The van der Waals surface area contributed by atoms with Crippen molar-refractivity contribution in [2.75, 3.05) is 13.2 Å². The molecule has 0 spiro atoms. The number of aliphatic imine (C=N–C) groups is 1. The molecule has 0 aromatic carbocycles. The maximum Gasteiger partial charge on any atom is 0.0969 e. The lowest BCUT2D eigenvalue weighted by Crippen LogP contribution is -2.27. The Labute approximate surface area is 145 Å². The summed E-state index contributed by atoms with van der Waals surface area (Å²) in [5.41, 5.74) is 0. The van der Waals surface area contributed by atoms with Crippen LogP contribution in [0.2, 0.25) is 0 Å². The van der Waals surface area contributed by atoms with Gasteiger partial charge in [0.1, 0.15) is 0 Å². The molecule has 0 aromatic heterocycles. The zero-order chi connectivity index (χ0) is 17.4. The van der Waals surface area contributed by atoms with Crippen LogP contribution in [0.4, 0.5) is 0 Å². The lowest BCUT2D eigenvalue weighted by molar-refractivity contribution is 0.140. The first-order chi connectivity index (χ1) is 11.7. The summed E-state index contributed by atoms with van der Waals surface area (Å²) in [6, 6.07) is 0.295. The lowest BCUT2D eigenvalue weighted by Gasteiger charge is -2.16. The number of nitrogens with one attached hydrogen (secondary N) is 1. The summed E-state index contributed by atoms with van der Waals surface area (Å²) in [7, 11) is 0. The zero-order valence-corrected chi connectivity index (χ0v) is 14.9. The van der Waals surface area contributed by atoms with Crippen LogP contribution in [0.15, 0.2) is 17.1 Å². The summed E-state index contributed by atoms with van der Waals surface area (Å²) < 4.78 is 0. The van der Waals surface area contributed by atoms with Gasteiger partial charge in [-0.15, -0.1) is 0 Å². The smallest absolute Gasteiger partial charge is 0.0969 e. The van der Waals surface area contributed by atoms with Gasteiger partial charge in [-0.05, 0) is 31.6 Å². The van der Waals surface area contributed by atoms with Crippen LogP contribution in [-0.4, -0.2) is 52.6 Å². The average molecular weight is 338 g/mol. The molecular weight excluding hydrogens is 304 g/mol. The molecule has 1 heterocycles. The highest BCUT2D eigenvalue weighted by atomic mass is 16.3. The minimum absolute atomic E-state index is 0.105. The third-order valence-electron chi connectivity index (χ3n) is 5.26. The van der Waals surface area contributed by atoms with Crippen molar-refractivity contribution in [2.45, 2.75) is 76.5 Å². The van der Waals surface area contributed by atoms with E-state index in [2.05, 4.69) is 17.2 Å². The maximum absolute atomic E-state index is 10.3. The Hall–Kier alpha value is -0.910. The predicted octanol–water partition coefficient (Wildman–Crippen LogP) is 2.01. The van der Waals surface area contributed by atoms with Crippen molar-refractivity contribution >= 4 is 5.84 Å². The SMILES string of the molecule is CCCCC[C@H](O)C=CC1C(O)CC2NC(=NCCCCO)CC21. The first-order valence-electron chi connectivity index (χ1n) is 9.60. The lowest BCUT2D eigenvalue weighted by atomic mass is 9.91. The van der Waals surface area contributed by atoms with Gasteiger partial charge >= 0.3 is 0 Å². The number of hydrogen-bond donors (Lipinski definition) is 4. The Kier molecular flexibility index (Phi) is 8.22. The van der Waals surface area contributed by atoms with Crippen LogP contribution in [0.1, 0.15) is 58.3 Å². The Morgan fingerprint density at radius 2 is 2.12 bits per heavy atom. The molecule has 2 fully saturated rings. The Bertz CT molecular complexity index is 425. The van der Waals surface area contributed by atoms with Gasteiger partial charge in [0, 0.05) is 31.5 Å². The van der Waals surface area contributed by atoms with Crippen LogP contribution in [0.3, 0.4) is 0 Å². The molecule has 5 heteroatoms. The summed E-state index contributed by atoms with van der Waals surface area (Å²) in [5.74, 6) is 1.51. The van der Waals surface area contributed by atoms with E-state index in [1.807, 2.05) is 12.2 Å². The molecule has 2 rings (SSSR count). The molecule has 5 nitrogen and oxygen atoms in total. The van der Waals surface area contributed by atoms with Gasteiger partial charge in [-0.25, -0.2) is 0 Å². The van der Waals surface area contributed by atoms with Gasteiger partial charge in [-0.2, -0.15) is 0 Å². The minimum atomic E-state index is -0.399. The number of hydrogen-bond acceptors (Lipinski definition) is 4. The van der Waals surface area contributed by atoms with Crippen LogP contribution < -0.4 is 5.32 Å². The van der Waals surface area contributed by atoms with Gasteiger partial charge in [0.2, 0.25) is 0 Å². The van der Waals surface area contributed by atoms with Crippen molar-refractivity contribution in [3.63, 3.8) is 0 Å². The van der Waals surface area contributed by atoms with Gasteiger partial charge in [-0.1, -0.05) is 38.3 Å². The number of rotatable bonds is 10. The highest BCUT2D eigenvalue weighted by Crippen LogP contribution is 2.39. The summed E-state index contributed by atoms with van der Waals surface area (Å²) >= 11 is 0. The van der Waals surface area contributed by atoms with Gasteiger partial charge in [-0.3, -0.25) is 4.99 Å². The van der Waals surface area contributed by atoms with E-state index in [0.29, 0.717) is 12.0 Å². The topological polar surface area (TPSA) is 85.1 Å². The molecule has 0 radical (unpaired) electrons. The molecule has 24 heavy (non-hydrogen) atoms. The fourth-order valence-corrected chi connectivity index (χ4v) is 3.86. The van der Waals surface area contributed by atoms with Crippen molar-refractivity contribution in [2.24, 2.45) is 16.8 Å². The normalized spacial score (nSPS) is 32.4. The molecule has 1 aliphatic heterocycles. The molecule has 0 aromatic rings. The second-order valence-corrected chi connectivity index (χ2v) is 7.21. The van der Waals surface area contributed by atoms with Crippen LogP contribution in [0, 0.1) is 11.8 Å². The molecule has 0 amide bonds. The summed E-state index contributed by atoms with van der Waals surface area (Å²) in [6.07, 6.45) is 10.7. The number of aliphatic hydroxyl groups is 3. The Morgan fingerprint density at radius 3 is 2.88 bits per heavy atom. The van der Waals surface area contributed by atoms with Crippen LogP contribution in [0.25, 0.3) is 0 Å². The maximum atomic E-state index is 10.3. The van der Waals surface area contributed by atoms with Gasteiger partial charge in [0.05, 0.1) is 18.0 Å². The second-order valence-electron chi connectivity index (χ2n) is 7.21. The molecule has 1 saturated heterocycles. The summed E-state index contributed by atoms with van der Waals surface area (Å²) in [6.45, 7) is 3.14. The molecule has 1 saturated carbocycles. The van der Waals surface area contributed by atoms with Crippen molar-refractivity contribution in [1.82, 2.24) is 5.32 Å². The van der Waals surface area contributed by atoms with E-state index in [4.69, 9.17) is 5.11 Å². The highest BCUT2D eigenvalue weighted by Gasteiger charge is 2.45. The molecule has 4 unspecified atom stereocenters. The van der Waals surface area contributed by atoms with Crippen LogP contribution in [-0.2, 0) is 0 Å². The highest BCUT2D eigenvalue weighted by molar-refractivity contribution is 5.85. The first kappa shape index (κ1) is 19.4. The monoisotopic (exact) mass is 338 g/mol. The quantitative estimate of drug-likeness (QED) is 0.363. The third kappa shape index (κ3) is 5.57. The van der Waals surface area contributed by atoms with E-state index < -0.39 is 6.10 Å². The van der Waals surface area contributed by atoms with Crippen molar-refractivity contribution in [3.8, 4) is 0 Å². The molecule has 4 N–H and O–H groups in total. The number of unbranched alkanes of at least 4 members (excludes halogenated alkanes) is 3. The van der Waals surface area contributed by atoms with Crippen LogP contribution in [0.5, 0.6) is 0 Å². The molecule has 2 aliphatic rings. The van der Waals surface area contributed by atoms with Crippen LogP contribution >= 0.6 is 0 Å². The Morgan fingerprint density at radius 1 is 1.29 bits per heavy atom. The van der Waals surface area contributed by atoms with E-state index in [-0.39, 0.29) is 18.6 Å². The average Bonchev–Trinajstić information content (AvgIpc) is 3.06. The standard InChI is InChI=1S/C19H34N2O3/c1-2-3-4-7-14(23)8-9-15-16-12-19(20-10-5-6-11-22)21-17(16)13-18(15)24/h8-9,14-18,22-24H,2-7,10-13H2,1H3,(H,20,21)/t14-,15?,16?,17?,18?/m0/s1. The van der Waals surface area contributed by atoms with E-state index in [0.717, 1.165) is 63.7 Å². The van der Waals surface area contributed by atoms with Gasteiger partial charge < -0.3 is 20.6 Å². The van der Waals surface area contributed by atoms with E-state index >= 15 is 0 Å². The van der Waals surface area contributed by atoms with Crippen molar-refractivity contribution in [3.05, 3.63) is 12.2 Å². The summed E-state index contributed by atoms with van der Waals surface area (Å²) in [4.78, 5) is 4.59. The largest absolute Gasteiger partial charge is 0.396 e. The second kappa shape index (κ2) is 10.2. The molecule has 138 valence electrons. The molecule has 5 atom stereocenters. The fraction of sp³-hybridized carbons (Fsp3) is 0.842. The number of amidine groups is 1. The molecule has 0 bridgehead atoms. The minimum Gasteiger partial charge on any atom is -0.396 e. The van der Waals surface area contributed by atoms with Gasteiger partial charge in [0.15, 0.2) is 0 Å². The fourth-order valence-electron chi connectivity index (χ4n) is 3.86. The number of nitrogens with zero attached hydrogens (tertiary/aromatic N) is 1. The zero-order valence-electron chi connectivity index (χ0n) is 14.9. The van der Waals surface area contributed by atoms with E-state index in [1.165, 1.54) is 0 Å².